The van der Waals surface area contributed by atoms with Crippen molar-refractivity contribution in [2.75, 3.05) is 0 Å². The van der Waals surface area contributed by atoms with E-state index in [4.69, 9.17) is 0 Å². The van der Waals surface area contributed by atoms with Crippen LogP contribution in [0, 0.1) is 5.92 Å². The van der Waals surface area contributed by atoms with Crippen LogP contribution in [-0.4, -0.2) is 23.0 Å². The van der Waals surface area contributed by atoms with Crippen LogP contribution in [0.2, 0.25) is 0 Å². The van der Waals surface area contributed by atoms with Crippen LogP contribution in [0.25, 0.3) is 0 Å². The van der Waals surface area contributed by atoms with Crippen LogP contribution in [0.3, 0.4) is 0 Å². The first-order valence-corrected chi connectivity index (χ1v) is 7.66. The summed E-state index contributed by atoms with van der Waals surface area (Å²) in [5, 5.41) is 11.8. The summed E-state index contributed by atoms with van der Waals surface area (Å²) < 4.78 is 0. The molecule has 1 fully saturated rings. The van der Waals surface area contributed by atoms with Crippen LogP contribution in [0.15, 0.2) is 24.3 Å². The van der Waals surface area contributed by atoms with Crippen LogP contribution in [-0.2, 0) is 4.79 Å². The van der Waals surface area contributed by atoms with Gasteiger partial charge in [0, 0.05) is 5.56 Å². The van der Waals surface area contributed by atoms with Crippen LogP contribution < -0.4 is 5.32 Å². The lowest BCUT2D eigenvalue weighted by molar-refractivity contribution is -0.140. The highest BCUT2D eigenvalue weighted by Gasteiger charge is 2.26. The summed E-state index contributed by atoms with van der Waals surface area (Å²) in [6.07, 6.45) is 4.43. The Morgan fingerprint density at radius 1 is 1.29 bits per heavy atom. The van der Waals surface area contributed by atoms with E-state index < -0.39 is 12.0 Å². The molecule has 0 bridgehead atoms. The van der Waals surface area contributed by atoms with E-state index in [1.165, 1.54) is 24.8 Å². The number of hydrogen-bond donors (Lipinski definition) is 2. The van der Waals surface area contributed by atoms with Gasteiger partial charge in [0.25, 0.3) is 5.91 Å². The number of benzene rings is 1. The summed E-state index contributed by atoms with van der Waals surface area (Å²) in [7, 11) is 0. The second kappa shape index (κ2) is 6.74. The molecular formula is C17H23NO3. The first-order valence-electron chi connectivity index (χ1n) is 7.66. The van der Waals surface area contributed by atoms with E-state index in [2.05, 4.69) is 5.32 Å². The minimum atomic E-state index is -0.983. The lowest BCUT2D eigenvalue weighted by Gasteiger charge is -2.26. The molecule has 4 nitrogen and oxygen atoms in total. The molecule has 21 heavy (non-hydrogen) atoms. The molecule has 1 aliphatic rings. The maximum Gasteiger partial charge on any atom is 0.326 e. The summed E-state index contributed by atoms with van der Waals surface area (Å²) >= 11 is 0. The number of carbonyl (C=O) groups excluding carboxylic acids is 1. The van der Waals surface area contributed by atoms with E-state index in [9.17, 15) is 14.7 Å². The maximum atomic E-state index is 12.2. The average Bonchev–Trinajstić information content (AvgIpc) is 2.42. The smallest absolute Gasteiger partial charge is 0.326 e. The Labute approximate surface area is 125 Å². The van der Waals surface area contributed by atoms with Crippen molar-refractivity contribution in [3.63, 3.8) is 0 Å². The van der Waals surface area contributed by atoms with E-state index in [0.717, 1.165) is 0 Å². The number of hydrogen-bond acceptors (Lipinski definition) is 2. The number of rotatable bonds is 6. The van der Waals surface area contributed by atoms with Gasteiger partial charge in [0.1, 0.15) is 6.04 Å². The molecule has 0 aromatic heterocycles. The fraction of sp³-hybridized carbons (Fsp3) is 0.529. The molecule has 1 amide bonds. The van der Waals surface area contributed by atoms with Crippen molar-refractivity contribution in [1.82, 2.24) is 5.32 Å². The molecule has 114 valence electrons. The zero-order chi connectivity index (χ0) is 15.4. The van der Waals surface area contributed by atoms with E-state index >= 15 is 0 Å². The number of amides is 1. The largest absolute Gasteiger partial charge is 0.480 e. The minimum Gasteiger partial charge on any atom is -0.480 e. The quantitative estimate of drug-likeness (QED) is 0.845. The molecule has 1 saturated carbocycles. The minimum absolute atomic E-state index is 0.0966. The normalized spacial score (nSPS) is 17.6. The predicted molar refractivity (Wildman–Crippen MR) is 81.4 cm³/mol. The van der Waals surface area contributed by atoms with E-state index in [1.54, 1.807) is 12.1 Å². The van der Waals surface area contributed by atoms with E-state index in [1.807, 2.05) is 26.0 Å². The van der Waals surface area contributed by atoms with E-state index in [-0.39, 0.29) is 11.8 Å². The van der Waals surface area contributed by atoms with Gasteiger partial charge in [-0.05, 0) is 42.4 Å². The summed E-state index contributed by atoms with van der Waals surface area (Å²) in [6, 6.07) is 6.71. The van der Waals surface area contributed by atoms with Gasteiger partial charge in [-0.2, -0.15) is 0 Å². The van der Waals surface area contributed by atoms with Crippen molar-refractivity contribution in [2.24, 2.45) is 5.92 Å². The number of carbonyl (C=O) groups is 2. The Bertz CT molecular complexity index is 505. The molecule has 0 heterocycles. The highest BCUT2D eigenvalue weighted by Crippen LogP contribution is 2.36. The van der Waals surface area contributed by atoms with Gasteiger partial charge in [-0.25, -0.2) is 4.79 Å². The van der Waals surface area contributed by atoms with Gasteiger partial charge in [-0.1, -0.05) is 38.8 Å². The number of nitrogens with one attached hydrogen (secondary N) is 1. The topological polar surface area (TPSA) is 66.4 Å². The summed E-state index contributed by atoms with van der Waals surface area (Å²) in [4.78, 5) is 23.4. The third-order valence-electron chi connectivity index (χ3n) is 4.52. The molecule has 2 rings (SSSR count). The first kappa shape index (κ1) is 15.5. The predicted octanol–water partition coefficient (Wildman–Crippen LogP) is 3.18. The standard InChI is InChI=1S/C17H23NO3/c1-3-11(2)15(17(20)21)18-16(19)14-9-7-13(8-10-14)12-5-4-6-12/h7-12,15H,3-6H2,1-2H3,(H,18,19)(H,20,21). The molecule has 4 heteroatoms. The van der Waals surface area contributed by atoms with Crippen LogP contribution in [0.1, 0.15) is 61.4 Å². The molecule has 0 radical (unpaired) electrons. The molecule has 0 aliphatic heterocycles. The third-order valence-corrected chi connectivity index (χ3v) is 4.52. The van der Waals surface area contributed by atoms with Gasteiger partial charge >= 0.3 is 5.97 Å². The Balaban J connectivity index is 2.03. The molecular weight excluding hydrogens is 266 g/mol. The molecule has 0 saturated heterocycles. The van der Waals surface area contributed by atoms with Crippen molar-refractivity contribution >= 4 is 11.9 Å². The molecule has 2 atom stereocenters. The average molecular weight is 289 g/mol. The second-order valence-electron chi connectivity index (χ2n) is 5.92. The highest BCUT2D eigenvalue weighted by molar-refractivity contribution is 5.96. The van der Waals surface area contributed by atoms with Gasteiger partial charge in [0.15, 0.2) is 0 Å². The third kappa shape index (κ3) is 3.63. The fourth-order valence-corrected chi connectivity index (χ4v) is 2.56. The van der Waals surface area contributed by atoms with Gasteiger partial charge in [-0.3, -0.25) is 4.79 Å². The Morgan fingerprint density at radius 3 is 2.33 bits per heavy atom. The van der Waals surface area contributed by atoms with Crippen molar-refractivity contribution in [2.45, 2.75) is 51.5 Å². The highest BCUT2D eigenvalue weighted by atomic mass is 16.4. The van der Waals surface area contributed by atoms with Gasteiger partial charge in [-0.15, -0.1) is 0 Å². The Morgan fingerprint density at radius 2 is 1.90 bits per heavy atom. The van der Waals surface area contributed by atoms with Crippen molar-refractivity contribution in [1.29, 1.82) is 0 Å². The second-order valence-corrected chi connectivity index (χ2v) is 5.92. The molecule has 1 aliphatic carbocycles. The van der Waals surface area contributed by atoms with Crippen LogP contribution in [0.5, 0.6) is 0 Å². The number of aliphatic carboxylic acids is 1. The lowest BCUT2D eigenvalue weighted by Crippen LogP contribution is -2.45. The number of carboxylic acid groups (broad SMARTS) is 1. The van der Waals surface area contributed by atoms with Crippen LogP contribution >= 0.6 is 0 Å². The Kier molecular flexibility index (Phi) is 4.99. The molecule has 2 unspecified atom stereocenters. The van der Waals surface area contributed by atoms with Crippen molar-refractivity contribution in [3.8, 4) is 0 Å². The Hall–Kier alpha value is -1.84. The maximum absolute atomic E-state index is 12.2. The van der Waals surface area contributed by atoms with Crippen molar-refractivity contribution in [3.05, 3.63) is 35.4 Å². The lowest BCUT2D eigenvalue weighted by atomic mass is 9.80. The van der Waals surface area contributed by atoms with Crippen molar-refractivity contribution < 1.29 is 14.7 Å². The zero-order valence-corrected chi connectivity index (χ0v) is 12.6. The monoisotopic (exact) mass is 289 g/mol. The van der Waals surface area contributed by atoms with Gasteiger partial charge in [0.05, 0.1) is 0 Å². The molecule has 1 aromatic carbocycles. The van der Waals surface area contributed by atoms with Gasteiger partial charge < -0.3 is 10.4 Å². The molecule has 0 spiro atoms. The molecule has 1 aromatic rings. The summed E-state index contributed by atoms with van der Waals surface area (Å²) in [5.74, 6) is -0.763. The van der Waals surface area contributed by atoms with E-state index in [0.29, 0.717) is 17.9 Å². The summed E-state index contributed by atoms with van der Waals surface area (Å²) in [6.45, 7) is 3.75. The summed E-state index contributed by atoms with van der Waals surface area (Å²) in [5.41, 5.74) is 1.79. The first-order chi connectivity index (χ1) is 10.0. The fourth-order valence-electron chi connectivity index (χ4n) is 2.56. The SMILES string of the molecule is CCC(C)C(NC(=O)c1ccc(C2CCC2)cc1)C(=O)O. The van der Waals surface area contributed by atoms with Crippen LogP contribution in [0.4, 0.5) is 0 Å². The number of carboxylic acids is 1. The zero-order valence-electron chi connectivity index (χ0n) is 12.6. The molecule has 2 N–H and O–H groups in total. The van der Waals surface area contributed by atoms with Gasteiger partial charge in [0.2, 0.25) is 0 Å².